The number of carbonyl (C=O) groups is 1. The fourth-order valence-corrected chi connectivity index (χ4v) is 6.20. The number of carbonyl (C=O) groups excluding carboxylic acids is 1. The van der Waals surface area contributed by atoms with Gasteiger partial charge in [0.15, 0.2) is 0 Å². The average Bonchev–Trinajstić information content (AvgIpc) is 2.70. The van der Waals surface area contributed by atoms with Gasteiger partial charge in [-0.15, -0.1) is 0 Å². The van der Waals surface area contributed by atoms with Crippen molar-refractivity contribution < 1.29 is 22.7 Å². The van der Waals surface area contributed by atoms with Gasteiger partial charge in [0, 0.05) is 0 Å². The number of hydrogen-bond donors (Lipinski definition) is 0. The summed E-state index contributed by atoms with van der Waals surface area (Å²) in [6, 6.07) is 5.70. The first-order chi connectivity index (χ1) is 11.2. The zero-order chi connectivity index (χ0) is 19.2. The Morgan fingerprint density at radius 2 is 1.68 bits per heavy atom. The summed E-state index contributed by atoms with van der Waals surface area (Å²) in [6.07, 6.45) is -5.29. The zero-order valence-corrected chi connectivity index (χ0v) is 18.1. The van der Waals surface area contributed by atoms with E-state index in [4.69, 9.17) is 4.74 Å². The van der Waals surface area contributed by atoms with E-state index in [-0.39, 0.29) is 8.95 Å². The van der Waals surface area contributed by atoms with Gasteiger partial charge in [-0.25, -0.2) is 0 Å². The fourth-order valence-electron chi connectivity index (χ4n) is 2.46. The molecule has 0 aliphatic heterocycles. The molecule has 0 fully saturated rings. The van der Waals surface area contributed by atoms with Gasteiger partial charge in [0.05, 0.1) is 0 Å². The van der Waals surface area contributed by atoms with Gasteiger partial charge in [0.25, 0.3) is 0 Å². The molecule has 0 aliphatic rings. The van der Waals surface area contributed by atoms with Crippen molar-refractivity contribution in [1.29, 1.82) is 0 Å². The molecular weight excluding hydrogens is 438 g/mol. The maximum absolute atomic E-state index is 13.5. The van der Waals surface area contributed by atoms with Crippen LogP contribution in [0.25, 0.3) is 10.9 Å². The molecule has 3 nitrogen and oxygen atoms in total. The third kappa shape index (κ3) is 4.92. The van der Waals surface area contributed by atoms with Crippen LogP contribution in [-0.2, 0) is 10.9 Å². The normalized spacial score (nSPS) is 13.3. The number of rotatable bonds is 1. The third-order valence-electron chi connectivity index (χ3n) is 3.21. The van der Waals surface area contributed by atoms with Crippen LogP contribution in [0.1, 0.15) is 47.1 Å². The van der Waals surface area contributed by atoms with Gasteiger partial charge in [0.2, 0.25) is 0 Å². The van der Waals surface area contributed by atoms with Crippen molar-refractivity contribution in [2.24, 2.45) is 0 Å². The Kier molecular flexibility index (Phi) is 5.25. The van der Waals surface area contributed by atoms with Gasteiger partial charge < -0.3 is 0 Å². The van der Waals surface area contributed by atoms with Crippen LogP contribution in [0.2, 0.25) is 3.43 Å². The second-order valence-electron chi connectivity index (χ2n) is 7.96. The van der Waals surface area contributed by atoms with E-state index < -0.39 is 44.6 Å². The van der Waals surface area contributed by atoms with Crippen molar-refractivity contribution >= 4 is 41.8 Å². The number of nitrogens with zero attached hydrogens (tertiary/aromatic N) is 1. The van der Waals surface area contributed by atoms with E-state index in [9.17, 15) is 18.0 Å². The maximum atomic E-state index is 13.5. The first kappa shape index (κ1) is 20.1. The molecule has 0 saturated heterocycles. The summed E-state index contributed by atoms with van der Waals surface area (Å²) in [5, 5.41) is 0.417. The molecule has 2 aromatic rings. The molecule has 7 heteroatoms. The SMILES string of the molecule is CC(C)(C)OC(=O)n1[c]([Sn][C](C)(C)C)cc2cccc(C(F)(F)F)c21. The van der Waals surface area contributed by atoms with E-state index in [0.29, 0.717) is 9.10 Å². The monoisotopic (exact) mass is 461 g/mol. The van der Waals surface area contributed by atoms with Crippen LogP contribution in [0.3, 0.4) is 0 Å². The van der Waals surface area contributed by atoms with Gasteiger partial charge in [0.1, 0.15) is 0 Å². The van der Waals surface area contributed by atoms with Crippen molar-refractivity contribution in [2.45, 2.75) is 56.8 Å². The molecule has 25 heavy (non-hydrogen) atoms. The number of aromatic nitrogens is 1. The molecule has 0 spiro atoms. The third-order valence-corrected chi connectivity index (χ3v) is 7.13. The first-order valence-electron chi connectivity index (χ1n) is 7.92. The Bertz CT molecular complexity index is 795. The Morgan fingerprint density at radius 1 is 1.08 bits per heavy atom. The molecule has 0 bridgehead atoms. The fraction of sp³-hybridized carbons (Fsp3) is 0.500. The molecule has 0 atom stereocenters. The Labute approximate surface area is 155 Å². The van der Waals surface area contributed by atoms with Gasteiger partial charge in [-0.05, 0) is 0 Å². The molecule has 0 amide bonds. The molecule has 1 heterocycles. The second kappa shape index (κ2) is 6.52. The summed E-state index contributed by atoms with van der Waals surface area (Å²) in [7, 11) is 0. The average molecular weight is 460 g/mol. The molecule has 1 aromatic heterocycles. The van der Waals surface area contributed by atoms with Gasteiger partial charge in [-0.2, -0.15) is 0 Å². The molecular formula is C18H22F3NO2Sn. The minimum atomic E-state index is -4.54. The number of para-hydroxylation sites is 1. The van der Waals surface area contributed by atoms with Crippen LogP contribution in [0.5, 0.6) is 0 Å². The standard InChI is InChI=1S/C14H13F3NO2.C4H9.Sn/c1-13(2,3)20-12(19)18-8-7-9-5-4-6-10(11(9)18)14(15,16)17;1-4(2)3;/h4-7H,1-3H3;1-3H3;. The van der Waals surface area contributed by atoms with E-state index in [1.165, 1.54) is 6.07 Å². The molecule has 136 valence electrons. The Balaban J connectivity index is 2.76. The molecule has 0 saturated carbocycles. The van der Waals surface area contributed by atoms with Gasteiger partial charge in [-0.1, -0.05) is 0 Å². The minimum absolute atomic E-state index is 0.0319. The van der Waals surface area contributed by atoms with Crippen molar-refractivity contribution in [3.63, 3.8) is 0 Å². The van der Waals surface area contributed by atoms with Gasteiger partial charge in [-0.3, -0.25) is 0 Å². The van der Waals surface area contributed by atoms with Crippen LogP contribution in [0, 0.1) is 0 Å². The number of benzene rings is 1. The molecule has 0 aliphatic carbocycles. The number of fused-ring (bicyclic) bond motifs is 1. The van der Waals surface area contributed by atoms with E-state index in [2.05, 4.69) is 0 Å². The number of alkyl halides is 3. The summed E-state index contributed by atoms with van der Waals surface area (Å²) in [6.45, 7) is 11.2. The topological polar surface area (TPSA) is 31.2 Å². The summed E-state index contributed by atoms with van der Waals surface area (Å²) < 4.78 is 47.7. The molecule has 2 rings (SSSR count). The molecule has 1 aromatic carbocycles. The van der Waals surface area contributed by atoms with E-state index in [0.717, 1.165) is 10.6 Å². The molecule has 0 N–H and O–H groups in total. The van der Waals surface area contributed by atoms with Crippen molar-refractivity contribution in [2.75, 3.05) is 0 Å². The van der Waals surface area contributed by atoms with Crippen LogP contribution >= 0.6 is 0 Å². The quantitative estimate of drug-likeness (QED) is 0.562. The predicted molar refractivity (Wildman–Crippen MR) is 93.7 cm³/mol. The second-order valence-corrected chi connectivity index (χ2v) is 14.4. The number of hydrogen-bond acceptors (Lipinski definition) is 2. The van der Waals surface area contributed by atoms with Crippen LogP contribution in [-0.4, -0.2) is 37.4 Å². The van der Waals surface area contributed by atoms with Gasteiger partial charge >= 0.3 is 156 Å². The van der Waals surface area contributed by atoms with E-state index >= 15 is 0 Å². The molecule has 0 unspecified atom stereocenters. The summed E-state index contributed by atoms with van der Waals surface area (Å²) >= 11 is -1.35. The van der Waals surface area contributed by atoms with Crippen LogP contribution in [0.15, 0.2) is 24.3 Å². The van der Waals surface area contributed by atoms with Crippen LogP contribution < -0.4 is 3.71 Å². The Morgan fingerprint density at radius 3 is 2.16 bits per heavy atom. The summed E-state index contributed by atoms with van der Waals surface area (Å²) in [4.78, 5) is 12.7. The first-order valence-corrected chi connectivity index (χ1v) is 10.8. The number of ether oxygens (including phenoxy) is 1. The van der Waals surface area contributed by atoms with E-state index in [1.807, 2.05) is 20.8 Å². The predicted octanol–water partition coefficient (Wildman–Crippen LogP) is 4.99. The van der Waals surface area contributed by atoms with Crippen molar-refractivity contribution in [1.82, 2.24) is 4.57 Å². The van der Waals surface area contributed by atoms with E-state index in [1.54, 1.807) is 32.9 Å². The van der Waals surface area contributed by atoms with Crippen molar-refractivity contribution in [3.05, 3.63) is 29.8 Å². The summed E-state index contributed by atoms with van der Waals surface area (Å²) in [5.41, 5.74) is -1.70. The van der Waals surface area contributed by atoms with Crippen molar-refractivity contribution in [3.8, 4) is 0 Å². The number of halogens is 3. The summed E-state index contributed by atoms with van der Waals surface area (Å²) in [5.74, 6) is 0. The zero-order valence-electron chi connectivity index (χ0n) is 15.2. The van der Waals surface area contributed by atoms with Crippen LogP contribution in [0.4, 0.5) is 18.0 Å². The molecule has 2 radical (unpaired) electrons. The Hall–Kier alpha value is -1.18.